The van der Waals surface area contributed by atoms with Crippen LogP contribution in [0.1, 0.15) is 22.8 Å². The van der Waals surface area contributed by atoms with Crippen molar-refractivity contribution in [2.75, 3.05) is 0 Å². The lowest BCUT2D eigenvalue weighted by Crippen LogP contribution is -2.05. The minimum Gasteiger partial charge on any atom is -0.361 e. The van der Waals surface area contributed by atoms with Gasteiger partial charge in [-0.25, -0.2) is 9.37 Å². The second-order valence-corrected chi connectivity index (χ2v) is 5.48. The summed E-state index contributed by atoms with van der Waals surface area (Å²) >= 11 is 11.8. The standard InChI is InChI=1S/C14H12Cl2FN3O/c1-7-9(8(2)21-19-7)6-20-13-3-10(16)11(17)4-12(13)18-14(20)5-15/h3-4H,5-6H2,1-2H3. The Balaban J connectivity index is 2.18. The molecule has 0 aliphatic rings. The lowest BCUT2D eigenvalue weighted by Gasteiger charge is -2.07. The zero-order valence-electron chi connectivity index (χ0n) is 11.5. The van der Waals surface area contributed by atoms with E-state index in [0.717, 1.165) is 22.5 Å². The third-order valence-electron chi connectivity index (χ3n) is 3.49. The maximum atomic E-state index is 13.6. The molecule has 21 heavy (non-hydrogen) atoms. The van der Waals surface area contributed by atoms with Crippen LogP contribution in [0.2, 0.25) is 5.02 Å². The first-order valence-electron chi connectivity index (χ1n) is 6.33. The summed E-state index contributed by atoms with van der Waals surface area (Å²) < 4.78 is 20.6. The van der Waals surface area contributed by atoms with Gasteiger partial charge in [0.05, 0.1) is 34.2 Å². The Morgan fingerprint density at radius 2 is 2.10 bits per heavy atom. The summed E-state index contributed by atoms with van der Waals surface area (Å²) in [5.74, 6) is 1.11. The molecule has 0 amide bonds. The molecule has 0 atom stereocenters. The van der Waals surface area contributed by atoms with E-state index in [4.69, 9.17) is 27.7 Å². The smallest absolute Gasteiger partial charge is 0.144 e. The predicted molar refractivity (Wildman–Crippen MR) is 79.3 cm³/mol. The Morgan fingerprint density at radius 1 is 1.33 bits per heavy atom. The van der Waals surface area contributed by atoms with E-state index in [2.05, 4.69) is 10.1 Å². The molecule has 0 unspecified atom stereocenters. The van der Waals surface area contributed by atoms with Gasteiger partial charge < -0.3 is 9.09 Å². The SMILES string of the molecule is Cc1noc(C)c1Cn1c(CCl)nc2cc(F)c(Cl)cc21. The summed E-state index contributed by atoms with van der Waals surface area (Å²) in [6.45, 7) is 4.22. The number of fused-ring (bicyclic) bond motifs is 1. The van der Waals surface area contributed by atoms with Crippen LogP contribution in [0.25, 0.3) is 11.0 Å². The highest BCUT2D eigenvalue weighted by Crippen LogP contribution is 2.26. The fourth-order valence-corrected chi connectivity index (χ4v) is 2.70. The van der Waals surface area contributed by atoms with E-state index >= 15 is 0 Å². The largest absolute Gasteiger partial charge is 0.361 e. The molecular weight excluding hydrogens is 316 g/mol. The van der Waals surface area contributed by atoms with Gasteiger partial charge >= 0.3 is 0 Å². The molecule has 2 aromatic heterocycles. The number of halogens is 3. The molecule has 0 radical (unpaired) electrons. The molecular formula is C14H12Cl2FN3O. The first-order valence-corrected chi connectivity index (χ1v) is 7.24. The highest BCUT2D eigenvalue weighted by molar-refractivity contribution is 6.31. The number of benzene rings is 1. The number of hydrogen-bond donors (Lipinski definition) is 0. The van der Waals surface area contributed by atoms with Crippen LogP contribution in [0.4, 0.5) is 4.39 Å². The van der Waals surface area contributed by atoms with Crippen molar-refractivity contribution in [3.8, 4) is 0 Å². The van der Waals surface area contributed by atoms with Crippen molar-refractivity contribution >= 4 is 34.2 Å². The zero-order valence-corrected chi connectivity index (χ0v) is 13.0. The highest BCUT2D eigenvalue weighted by atomic mass is 35.5. The Bertz CT molecular complexity index is 806. The highest BCUT2D eigenvalue weighted by Gasteiger charge is 2.17. The van der Waals surface area contributed by atoms with Gasteiger partial charge in [-0.15, -0.1) is 11.6 Å². The van der Waals surface area contributed by atoms with Gasteiger partial charge in [-0.1, -0.05) is 16.8 Å². The summed E-state index contributed by atoms with van der Waals surface area (Å²) in [5, 5.41) is 3.99. The second kappa shape index (κ2) is 5.31. The molecule has 7 heteroatoms. The average molecular weight is 328 g/mol. The van der Waals surface area contributed by atoms with Crippen molar-refractivity contribution in [2.45, 2.75) is 26.3 Å². The van der Waals surface area contributed by atoms with Crippen LogP contribution >= 0.6 is 23.2 Å². The van der Waals surface area contributed by atoms with Crippen molar-refractivity contribution in [3.05, 3.63) is 45.8 Å². The van der Waals surface area contributed by atoms with Crippen LogP contribution in [0.3, 0.4) is 0 Å². The minimum atomic E-state index is -0.493. The number of hydrogen-bond acceptors (Lipinski definition) is 3. The Labute approximate surface area is 130 Å². The van der Waals surface area contributed by atoms with Crippen molar-refractivity contribution < 1.29 is 8.91 Å². The van der Waals surface area contributed by atoms with E-state index in [9.17, 15) is 4.39 Å². The Morgan fingerprint density at radius 3 is 2.71 bits per heavy atom. The molecule has 2 heterocycles. The van der Waals surface area contributed by atoms with Crippen LogP contribution < -0.4 is 0 Å². The van der Waals surface area contributed by atoms with E-state index in [1.807, 2.05) is 18.4 Å². The minimum absolute atomic E-state index is 0.0588. The topological polar surface area (TPSA) is 43.9 Å². The maximum Gasteiger partial charge on any atom is 0.144 e. The quantitative estimate of drug-likeness (QED) is 0.676. The molecule has 0 spiro atoms. The lowest BCUT2D eigenvalue weighted by atomic mass is 10.2. The molecule has 0 saturated heterocycles. The first kappa shape index (κ1) is 14.4. The summed E-state index contributed by atoms with van der Waals surface area (Å²) in [5.41, 5.74) is 3.03. The van der Waals surface area contributed by atoms with Gasteiger partial charge in [0, 0.05) is 11.6 Å². The van der Waals surface area contributed by atoms with E-state index in [1.165, 1.54) is 6.07 Å². The normalized spacial score (nSPS) is 11.5. The fourth-order valence-electron chi connectivity index (χ4n) is 2.33. The second-order valence-electron chi connectivity index (χ2n) is 4.81. The molecule has 3 aromatic rings. The Hall–Kier alpha value is -1.59. The van der Waals surface area contributed by atoms with Crippen LogP contribution in [0.15, 0.2) is 16.7 Å². The van der Waals surface area contributed by atoms with E-state index < -0.39 is 5.82 Å². The summed E-state index contributed by atoms with van der Waals surface area (Å²) in [6.07, 6.45) is 0. The molecule has 0 aliphatic heterocycles. The zero-order chi connectivity index (χ0) is 15.1. The molecule has 0 fully saturated rings. The van der Waals surface area contributed by atoms with Gasteiger partial charge in [-0.2, -0.15) is 0 Å². The van der Waals surface area contributed by atoms with Gasteiger partial charge in [0.1, 0.15) is 17.4 Å². The molecule has 110 valence electrons. The molecule has 4 nitrogen and oxygen atoms in total. The van der Waals surface area contributed by atoms with Gasteiger partial charge in [0.25, 0.3) is 0 Å². The number of imidazole rings is 1. The number of alkyl halides is 1. The predicted octanol–water partition coefficient (Wildman–Crippen LogP) is 4.22. The van der Waals surface area contributed by atoms with Crippen molar-refractivity contribution in [2.24, 2.45) is 0 Å². The third-order valence-corrected chi connectivity index (χ3v) is 4.02. The summed E-state index contributed by atoms with van der Waals surface area (Å²) in [6, 6.07) is 2.88. The van der Waals surface area contributed by atoms with E-state index in [-0.39, 0.29) is 10.9 Å². The molecule has 0 saturated carbocycles. The van der Waals surface area contributed by atoms with Gasteiger partial charge in [-0.3, -0.25) is 0 Å². The van der Waals surface area contributed by atoms with E-state index in [1.54, 1.807) is 6.07 Å². The number of aromatic nitrogens is 3. The van der Waals surface area contributed by atoms with Crippen molar-refractivity contribution in [1.29, 1.82) is 0 Å². The van der Waals surface area contributed by atoms with Crippen LogP contribution in [-0.4, -0.2) is 14.7 Å². The van der Waals surface area contributed by atoms with Crippen molar-refractivity contribution in [3.63, 3.8) is 0 Å². The monoisotopic (exact) mass is 327 g/mol. The van der Waals surface area contributed by atoms with Gasteiger partial charge in [0.2, 0.25) is 0 Å². The summed E-state index contributed by atoms with van der Waals surface area (Å²) in [4.78, 5) is 4.35. The van der Waals surface area contributed by atoms with E-state index in [0.29, 0.717) is 17.9 Å². The Kier molecular flexibility index (Phi) is 3.63. The summed E-state index contributed by atoms with van der Waals surface area (Å²) in [7, 11) is 0. The third kappa shape index (κ3) is 2.40. The van der Waals surface area contributed by atoms with Gasteiger partial charge in [-0.05, 0) is 19.9 Å². The lowest BCUT2D eigenvalue weighted by molar-refractivity contribution is 0.392. The van der Waals surface area contributed by atoms with Crippen molar-refractivity contribution in [1.82, 2.24) is 14.7 Å². The number of rotatable bonds is 3. The average Bonchev–Trinajstić information content (AvgIpc) is 2.94. The molecule has 0 N–H and O–H groups in total. The van der Waals surface area contributed by atoms with Crippen LogP contribution in [0, 0.1) is 19.7 Å². The molecule has 3 rings (SSSR count). The molecule has 0 aliphatic carbocycles. The van der Waals surface area contributed by atoms with Gasteiger partial charge in [0.15, 0.2) is 0 Å². The van der Waals surface area contributed by atoms with Crippen LogP contribution in [0.5, 0.6) is 0 Å². The molecule has 1 aromatic carbocycles. The molecule has 0 bridgehead atoms. The van der Waals surface area contributed by atoms with Crippen LogP contribution in [-0.2, 0) is 12.4 Å². The fraction of sp³-hybridized carbons (Fsp3) is 0.286. The number of aryl methyl sites for hydroxylation is 2. The maximum absolute atomic E-state index is 13.6. The first-order chi connectivity index (χ1) is 10.0. The number of nitrogens with zero attached hydrogens (tertiary/aromatic N) is 3.